The van der Waals surface area contributed by atoms with Gasteiger partial charge in [-0.15, -0.1) is 0 Å². The molecule has 4 nitrogen and oxygen atoms in total. The Kier molecular flexibility index (Phi) is 4.23. The second kappa shape index (κ2) is 5.89. The summed E-state index contributed by atoms with van der Waals surface area (Å²) >= 11 is 0. The van der Waals surface area contributed by atoms with Gasteiger partial charge in [-0.05, 0) is 12.1 Å². The quantitative estimate of drug-likeness (QED) is 0.771. The Hall–Kier alpha value is -1.26. The Balaban J connectivity index is 1.98. The second-order valence-corrected chi connectivity index (χ2v) is 4.30. The van der Waals surface area contributed by atoms with Crippen LogP contribution in [0.2, 0.25) is 0 Å². The number of para-hydroxylation sites is 2. The molecule has 0 aromatic heterocycles. The maximum atomic E-state index is 5.45. The van der Waals surface area contributed by atoms with Crippen LogP contribution in [0.25, 0.3) is 0 Å². The fourth-order valence-corrected chi connectivity index (χ4v) is 2.16. The first-order chi connectivity index (χ1) is 8.33. The van der Waals surface area contributed by atoms with E-state index in [9.17, 15) is 0 Å². The molecule has 2 N–H and O–H groups in total. The van der Waals surface area contributed by atoms with Crippen molar-refractivity contribution in [2.24, 2.45) is 5.73 Å². The summed E-state index contributed by atoms with van der Waals surface area (Å²) in [6, 6.07) is 8.52. The molecule has 0 radical (unpaired) electrons. The van der Waals surface area contributed by atoms with E-state index in [-0.39, 0.29) is 0 Å². The highest BCUT2D eigenvalue weighted by molar-refractivity contribution is 5.72. The molecule has 94 valence electrons. The Morgan fingerprint density at radius 2 is 1.94 bits per heavy atom. The van der Waals surface area contributed by atoms with E-state index in [1.807, 2.05) is 0 Å². The summed E-state index contributed by atoms with van der Waals surface area (Å²) in [5, 5.41) is 0. The van der Waals surface area contributed by atoms with E-state index in [0.29, 0.717) is 13.2 Å². The van der Waals surface area contributed by atoms with Gasteiger partial charge < -0.3 is 20.3 Å². The van der Waals surface area contributed by atoms with Crippen LogP contribution in [0.3, 0.4) is 0 Å². The molecule has 4 heteroatoms. The van der Waals surface area contributed by atoms with E-state index in [1.54, 1.807) is 0 Å². The molecule has 0 atom stereocenters. The van der Waals surface area contributed by atoms with Crippen molar-refractivity contribution >= 4 is 11.4 Å². The average molecular weight is 235 g/mol. The number of hydrogen-bond donors (Lipinski definition) is 1. The van der Waals surface area contributed by atoms with E-state index in [2.05, 4.69) is 41.1 Å². The summed E-state index contributed by atoms with van der Waals surface area (Å²) in [5.74, 6) is 0. The molecule has 0 unspecified atom stereocenters. The second-order valence-electron chi connectivity index (χ2n) is 4.30. The summed E-state index contributed by atoms with van der Waals surface area (Å²) in [5.41, 5.74) is 8.00. The van der Waals surface area contributed by atoms with Crippen molar-refractivity contribution in [1.29, 1.82) is 0 Å². The van der Waals surface area contributed by atoms with Crippen LogP contribution in [-0.4, -0.2) is 46.4 Å². The number of hydrogen-bond acceptors (Lipinski definition) is 4. The minimum atomic E-state index is 0.597. The SMILES string of the molecule is CN1CCN(CCOCCN)c2ccccc21. The summed E-state index contributed by atoms with van der Waals surface area (Å²) < 4.78 is 5.45. The van der Waals surface area contributed by atoms with E-state index in [1.165, 1.54) is 11.4 Å². The molecule has 2 rings (SSSR count). The van der Waals surface area contributed by atoms with Gasteiger partial charge in [-0.25, -0.2) is 0 Å². The van der Waals surface area contributed by atoms with Crippen molar-refractivity contribution in [2.45, 2.75) is 0 Å². The smallest absolute Gasteiger partial charge is 0.0642 e. The maximum Gasteiger partial charge on any atom is 0.0642 e. The molecule has 1 heterocycles. The zero-order chi connectivity index (χ0) is 12.1. The Morgan fingerprint density at radius 1 is 1.18 bits per heavy atom. The van der Waals surface area contributed by atoms with Crippen LogP contribution in [0, 0.1) is 0 Å². The fraction of sp³-hybridized carbons (Fsp3) is 0.538. The highest BCUT2D eigenvalue weighted by Crippen LogP contribution is 2.31. The van der Waals surface area contributed by atoms with Crippen LogP contribution in [0.4, 0.5) is 11.4 Å². The van der Waals surface area contributed by atoms with E-state index >= 15 is 0 Å². The average Bonchev–Trinajstić information content (AvgIpc) is 2.37. The molecular weight excluding hydrogens is 214 g/mol. The van der Waals surface area contributed by atoms with E-state index in [0.717, 1.165) is 26.2 Å². The standard InChI is InChI=1S/C13H21N3O/c1-15-7-8-16(9-11-17-10-6-14)13-5-3-2-4-12(13)15/h2-5H,6-11,14H2,1H3. The monoisotopic (exact) mass is 235 g/mol. The first kappa shape index (κ1) is 12.2. The highest BCUT2D eigenvalue weighted by Gasteiger charge is 2.18. The zero-order valence-corrected chi connectivity index (χ0v) is 10.4. The normalized spacial score (nSPS) is 14.9. The Morgan fingerprint density at radius 3 is 2.71 bits per heavy atom. The lowest BCUT2D eigenvalue weighted by molar-refractivity contribution is 0.147. The lowest BCUT2D eigenvalue weighted by atomic mass is 10.2. The molecule has 0 spiro atoms. The number of benzene rings is 1. The number of ether oxygens (including phenoxy) is 1. The molecule has 1 aliphatic rings. The molecule has 17 heavy (non-hydrogen) atoms. The third-order valence-corrected chi connectivity index (χ3v) is 3.11. The molecule has 0 saturated heterocycles. The fourth-order valence-electron chi connectivity index (χ4n) is 2.16. The van der Waals surface area contributed by atoms with Crippen LogP contribution in [0.1, 0.15) is 0 Å². The Bertz CT molecular complexity index is 356. The molecule has 0 fully saturated rings. The maximum absolute atomic E-state index is 5.45. The molecule has 0 bridgehead atoms. The van der Waals surface area contributed by atoms with Gasteiger partial charge in [-0.2, -0.15) is 0 Å². The molecule has 0 amide bonds. The predicted octanol–water partition coefficient (Wildman–Crippen LogP) is 0.918. The van der Waals surface area contributed by atoms with Gasteiger partial charge in [0.25, 0.3) is 0 Å². The first-order valence-electron chi connectivity index (χ1n) is 6.16. The van der Waals surface area contributed by atoms with Crippen LogP contribution in [0.5, 0.6) is 0 Å². The molecule has 0 aliphatic carbocycles. The summed E-state index contributed by atoms with van der Waals surface area (Å²) in [7, 11) is 2.14. The van der Waals surface area contributed by atoms with E-state index in [4.69, 9.17) is 10.5 Å². The van der Waals surface area contributed by atoms with Crippen molar-refractivity contribution in [3.8, 4) is 0 Å². The van der Waals surface area contributed by atoms with Gasteiger partial charge in [0, 0.05) is 33.2 Å². The van der Waals surface area contributed by atoms with Gasteiger partial charge in [0.1, 0.15) is 0 Å². The lowest BCUT2D eigenvalue weighted by Crippen LogP contribution is -2.40. The van der Waals surface area contributed by atoms with Crippen molar-refractivity contribution in [2.75, 3.05) is 56.2 Å². The topological polar surface area (TPSA) is 41.7 Å². The third-order valence-electron chi connectivity index (χ3n) is 3.11. The molecule has 0 saturated carbocycles. The number of fused-ring (bicyclic) bond motifs is 1. The molecule has 1 aromatic rings. The van der Waals surface area contributed by atoms with Crippen molar-refractivity contribution in [3.05, 3.63) is 24.3 Å². The van der Waals surface area contributed by atoms with Crippen LogP contribution in [-0.2, 0) is 4.74 Å². The first-order valence-corrected chi connectivity index (χ1v) is 6.16. The summed E-state index contributed by atoms with van der Waals surface area (Å²) in [6.45, 7) is 5.04. The minimum absolute atomic E-state index is 0.597. The molecule has 1 aliphatic heterocycles. The van der Waals surface area contributed by atoms with Crippen molar-refractivity contribution in [3.63, 3.8) is 0 Å². The molecular formula is C13H21N3O. The Labute approximate surface area is 103 Å². The van der Waals surface area contributed by atoms with Crippen molar-refractivity contribution in [1.82, 2.24) is 0 Å². The number of anilines is 2. The van der Waals surface area contributed by atoms with Gasteiger partial charge >= 0.3 is 0 Å². The number of nitrogens with zero attached hydrogens (tertiary/aromatic N) is 2. The third kappa shape index (κ3) is 2.90. The highest BCUT2D eigenvalue weighted by atomic mass is 16.5. The minimum Gasteiger partial charge on any atom is -0.378 e. The van der Waals surface area contributed by atoms with Crippen molar-refractivity contribution < 1.29 is 4.74 Å². The zero-order valence-electron chi connectivity index (χ0n) is 10.4. The summed E-state index contributed by atoms with van der Waals surface area (Å²) in [6.07, 6.45) is 0. The number of rotatable bonds is 5. The van der Waals surface area contributed by atoms with Crippen LogP contribution in [0.15, 0.2) is 24.3 Å². The number of nitrogens with two attached hydrogens (primary N) is 1. The van der Waals surface area contributed by atoms with Crippen LogP contribution >= 0.6 is 0 Å². The number of likely N-dealkylation sites (N-methyl/N-ethyl adjacent to an activating group) is 1. The summed E-state index contributed by atoms with van der Waals surface area (Å²) in [4.78, 5) is 4.68. The van der Waals surface area contributed by atoms with Gasteiger partial charge in [-0.1, -0.05) is 12.1 Å². The van der Waals surface area contributed by atoms with Gasteiger partial charge in [0.05, 0.1) is 24.6 Å². The van der Waals surface area contributed by atoms with Gasteiger partial charge in [-0.3, -0.25) is 0 Å². The molecule has 1 aromatic carbocycles. The largest absolute Gasteiger partial charge is 0.378 e. The lowest BCUT2D eigenvalue weighted by Gasteiger charge is -2.36. The van der Waals surface area contributed by atoms with Crippen LogP contribution < -0.4 is 15.5 Å². The van der Waals surface area contributed by atoms with E-state index < -0.39 is 0 Å². The predicted molar refractivity (Wildman–Crippen MR) is 71.8 cm³/mol. The van der Waals surface area contributed by atoms with Gasteiger partial charge in [0.2, 0.25) is 0 Å². The van der Waals surface area contributed by atoms with Gasteiger partial charge in [0.15, 0.2) is 0 Å².